The number of ketones is 1. The second kappa shape index (κ2) is 19.0. The number of nitrogens with one attached hydrogen (secondary N) is 2. The molecule has 2 N–H and O–H groups in total. The number of piperidine rings is 2. The highest BCUT2D eigenvalue weighted by Gasteiger charge is 2.39. The molecule has 15 heteroatoms. The van der Waals surface area contributed by atoms with E-state index in [1.165, 1.54) is 18.1 Å². The number of imide groups is 1. The van der Waals surface area contributed by atoms with Crippen LogP contribution in [-0.4, -0.2) is 111 Å². The van der Waals surface area contributed by atoms with Gasteiger partial charge in [-0.1, -0.05) is 37.1 Å². The molecule has 3 aromatic carbocycles. The van der Waals surface area contributed by atoms with Crippen LogP contribution in [0.3, 0.4) is 0 Å². The Morgan fingerprint density at radius 2 is 1.60 bits per heavy atom. The van der Waals surface area contributed by atoms with E-state index < -0.39 is 6.04 Å². The molecule has 6 heterocycles. The van der Waals surface area contributed by atoms with Crippen LogP contribution in [0.5, 0.6) is 5.75 Å². The van der Waals surface area contributed by atoms with Crippen molar-refractivity contribution in [2.24, 2.45) is 0 Å². The Hall–Kier alpha value is -6.45. The number of ether oxygens (including phenoxy) is 1. The highest BCUT2D eigenvalue weighted by Crippen LogP contribution is 2.35. The Morgan fingerprint density at radius 1 is 0.851 bits per heavy atom. The number of pyridine rings is 1. The van der Waals surface area contributed by atoms with Crippen LogP contribution in [0.2, 0.25) is 0 Å². The SMILES string of the molecule is CC(=O)c1c(C)c2cnc(Nc3ccc(N4CCN(CCOc5ccc(CN6CCC(c7ccc8c(c7)CN(C7CCC(=O)NC7=O)C8=O)CC6)cc5)CC4)cc3)nc2n(C2CCCC2)c1=O. The molecule has 0 radical (unpaired) electrons. The van der Waals surface area contributed by atoms with Gasteiger partial charge in [0.05, 0.1) is 5.56 Å². The zero-order valence-corrected chi connectivity index (χ0v) is 38.5. The first-order chi connectivity index (χ1) is 32.6. The number of likely N-dealkylation sites (tertiary alicyclic amines) is 1. The van der Waals surface area contributed by atoms with Gasteiger partial charge in [-0.15, -0.1) is 0 Å². The minimum Gasteiger partial charge on any atom is -0.492 e. The summed E-state index contributed by atoms with van der Waals surface area (Å²) in [7, 11) is 0. The first-order valence-corrected chi connectivity index (χ1v) is 24.0. The summed E-state index contributed by atoms with van der Waals surface area (Å²) in [6.07, 6.45) is 8.36. The van der Waals surface area contributed by atoms with E-state index in [2.05, 4.69) is 78.8 Å². The molecule has 0 spiro atoms. The Labute approximate surface area is 390 Å². The molecule has 5 aromatic rings. The number of benzene rings is 3. The lowest BCUT2D eigenvalue weighted by atomic mass is 9.87. The number of hydrogen-bond donors (Lipinski definition) is 2. The lowest BCUT2D eigenvalue weighted by Gasteiger charge is -2.36. The first-order valence-electron chi connectivity index (χ1n) is 24.0. The second-order valence-corrected chi connectivity index (χ2v) is 19.0. The Morgan fingerprint density at radius 3 is 2.31 bits per heavy atom. The second-order valence-electron chi connectivity index (χ2n) is 19.0. The van der Waals surface area contributed by atoms with Gasteiger partial charge in [0.15, 0.2) is 5.78 Å². The quantitative estimate of drug-likeness (QED) is 0.0976. The molecular weight excluding hydrogens is 847 g/mol. The van der Waals surface area contributed by atoms with Crippen molar-refractivity contribution in [1.29, 1.82) is 0 Å². The molecule has 3 amide bonds. The van der Waals surface area contributed by atoms with Crippen molar-refractivity contribution in [3.8, 4) is 5.75 Å². The van der Waals surface area contributed by atoms with Crippen LogP contribution in [0.4, 0.5) is 17.3 Å². The summed E-state index contributed by atoms with van der Waals surface area (Å²) in [4.78, 5) is 81.8. The van der Waals surface area contributed by atoms with Crippen molar-refractivity contribution in [3.63, 3.8) is 0 Å². The monoisotopic (exact) mass is 905 g/mol. The predicted octanol–water partition coefficient (Wildman–Crippen LogP) is 6.50. The van der Waals surface area contributed by atoms with Crippen LogP contribution in [0.25, 0.3) is 11.0 Å². The molecule has 0 bridgehead atoms. The zero-order chi connectivity index (χ0) is 46.2. The standard InChI is InChI=1S/C52H59N9O6/c1-33-44-30-53-52(56-48(44)61(41-5-3-4-6-41)51(66)47(33)34(2)62)54-39-10-12-40(13-11-39)59-25-23-57(24-26-59)27-28-67-42-14-7-35(8-15-42)31-58-21-19-36(20-22-58)37-9-16-43-38(29-37)32-60(50(43)65)45-17-18-46(63)55-49(45)64/h7-16,29-30,36,41,45H,3-6,17-28,31-32H2,1-2H3,(H,53,54,56)(H,55,63,64). The van der Waals surface area contributed by atoms with E-state index in [1.54, 1.807) is 15.7 Å². The number of rotatable bonds is 13. The number of amides is 3. The summed E-state index contributed by atoms with van der Waals surface area (Å²) in [5.74, 6) is 0.721. The summed E-state index contributed by atoms with van der Waals surface area (Å²) in [5, 5.41) is 6.46. The first kappa shape index (κ1) is 44.4. The molecule has 2 aromatic heterocycles. The molecule has 10 rings (SSSR count). The highest BCUT2D eigenvalue weighted by atomic mass is 16.5. The molecule has 348 valence electrons. The summed E-state index contributed by atoms with van der Waals surface area (Å²) in [5.41, 5.74) is 7.37. The average molecular weight is 906 g/mol. The van der Waals surface area contributed by atoms with Crippen molar-refractivity contribution >= 4 is 51.9 Å². The van der Waals surface area contributed by atoms with Crippen LogP contribution in [0.1, 0.15) is 113 Å². The molecule has 1 unspecified atom stereocenters. The summed E-state index contributed by atoms with van der Waals surface area (Å²) < 4.78 is 7.93. The van der Waals surface area contributed by atoms with Crippen LogP contribution >= 0.6 is 0 Å². The number of Topliss-reactive ketones (excluding diaryl/α,β-unsaturated/α-hetero) is 1. The molecule has 3 saturated heterocycles. The van der Waals surface area contributed by atoms with Gasteiger partial charge in [-0.05, 0) is 130 Å². The van der Waals surface area contributed by atoms with Crippen molar-refractivity contribution in [3.05, 3.63) is 117 Å². The molecule has 4 aliphatic heterocycles. The van der Waals surface area contributed by atoms with Gasteiger partial charge in [-0.25, -0.2) is 4.98 Å². The summed E-state index contributed by atoms with van der Waals surface area (Å²) in [6.45, 7) is 11.8. The Bertz CT molecular complexity index is 2750. The minimum absolute atomic E-state index is 0.0297. The van der Waals surface area contributed by atoms with Crippen molar-refractivity contribution < 1.29 is 23.9 Å². The summed E-state index contributed by atoms with van der Waals surface area (Å²) in [6, 6.07) is 22.4. The van der Waals surface area contributed by atoms with Gasteiger partial charge in [0.2, 0.25) is 17.8 Å². The van der Waals surface area contributed by atoms with Crippen LogP contribution in [-0.2, 0) is 22.7 Å². The average Bonchev–Trinajstić information content (AvgIpc) is 3.98. The Kier molecular flexibility index (Phi) is 12.6. The van der Waals surface area contributed by atoms with E-state index in [0.717, 1.165) is 119 Å². The number of anilines is 3. The van der Waals surface area contributed by atoms with Crippen LogP contribution in [0.15, 0.2) is 77.7 Å². The third-order valence-electron chi connectivity index (χ3n) is 14.7. The maximum absolute atomic E-state index is 13.6. The summed E-state index contributed by atoms with van der Waals surface area (Å²) >= 11 is 0. The highest BCUT2D eigenvalue weighted by molar-refractivity contribution is 6.05. The number of aryl methyl sites for hydroxylation is 1. The van der Waals surface area contributed by atoms with Gasteiger partial charge >= 0.3 is 0 Å². The number of aromatic nitrogens is 3. The number of fused-ring (bicyclic) bond motifs is 2. The van der Waals surface area contributed by atoms with Gasteiger partial charge < -0.3 is 19.9 Å². The van der Waals surface area contributed by atoms with E-state index in [0.29, 0.717) is 48.2 Å². The fourth-order valence-electron chi connectivity index (χ4n) is 10.9. The lowest BCUT2D eigenvalue weighted by molar-refractivity contribution is -0.136. The molecule has 15 nitrogen and oxygen atoms in total. The number of nitrogens with zero attached hydrogens (tertiary/aromatic N) is 7. The topological polar surface area (TPSA) is 162 Å². The lowest BCUT2D eigenvalue weighted by Crippen LogP contribution is -2.52. The largest absolute Gasteiger partial charge is 0.492 e. The third kappa shape index (κ3) is 9.31. The molecular formula is C52H59N9O6. The molecule has 1 saturated carbocycles. The minimum atomic E-state index is -0.593. The zero-order valence-electron chi connectivity index (χ0n) is 38.5. The third-order valence-corrected chi connectivity index (χ3v) is 14.7. The van der Waals surface area contributed by atoms with Gasteiger partial charge in [0.25, 0.3) is 11.5 Å². The fraction of sp³-hybridized carbons (Fsp3) is 0.442. The van der Waals surface area contributed by atoms with E-state index in [9.17, 15) is 24.0 Å². The van der Waals surface area contributed by atoms with Gasteiger partial charge in [-0.3, -0.25) is 43.7 Å². The molecule has 1 aliphatic carbocycles. The number of carbonyl (C=O) groups excluding carboxylic acids is 4. The maximum atomic E-state index is 13.6. The number of hydrogen-bond acceptors (Lipinski definition) is 12. The molecule has 1 atom stereocenters. The van der Waals surface area contributed by atoms with Crippen molar-refractivity contribution in [2.45, 2.75) is 96.3 Å². The Balaban J connectivity index is 0.653. The van der Waals surface area contributed by atoms with Crippen molar-refractivity contribution in [1.82, 2.24) is 34.6 Å². The number of piperazine rings is 1. The van der Waals surface area contributed by atoms with E-state index in [1.807, 2.05) is 25.1 Å². The molecule has 5 aliphatic rings. The van der Waals surface area contributed by atoms with Gasteiger partial charge in [0, 0.05) is 86.8 Å². The maximum Gasteiger partial charge on any atom is 0.263 e. The number of carbonyl (C=O) groups is 4. The smallest absolute Gasteiger partial charge is 0.263 e. The van der Waals surface area contributed by atoms with E-state index in [4.69, 9.17) is 9.72 Å². The van der Waals surface area contributed by atoms with Gasteiger partial charge in [0.1, 0.15) is 24.0 Å². The van der Waals surface area contributed by atoms with E-state index >= 15 is 0 Å². The predicted molar refractivity (Wildman–Crippen MR) is 256 cm³/mol. The molecule has 67 heavy (non-hydrogen) atoms. The van der Waals surface area contributed by atoms with Crippen molar-refractivity contribution in [2.75, 3.05) is 62.6 Å². The van der Waals surface area contributed by atoms with Crippen LogP contribution < -0.4 is 25.8 Å². The normalized spacial score (nSPS) is 19.9. The van der Waals surface area contributed by atoms with Crippen LogP contribution in [0, 0.1) is 6.92 Å². The van der Waals surface area contributed by atoms with E-state index in [-0.39, 0.29) is 47.1 Å². The molecule has 4 fully saturated rings. The fourth-order valence-corrected chi connectivity index (χ4v) is 10.9. The van der Waals surface area contributed by atoms with Gasteiger partial charge in [-0.2, -0.15) is 4.98 Å².